The van der Waals surface area contributed by atoms with Gasteiger partial charge in [0.15, 0.2) is 0 Å². The summed E-state index contributed by atoms with van der Waals surface area (Å²) in [5.41, 5.74) is 1.23. The Morgan fingerprint density at radius 1 is 1.25 bits per heavy atom. The molecule has 20 heavy (non-hydrogen) atoms. The van der Waals surface area contributed by atoms with Crippen molar-refractivity contribution < 1.29 is 4.74 Å². The van der Waals surface area contributed by atoms with Crippen molar-refractivity contribution in [2.45, 2.75) is 19.9 Å². The molecule has 1 N–H and O–H groups in total. The Kier molecular flexibility index (Phi) is 6.55. The van der Waals surface area contributed by atoms with Crippen LogP contribution >= 0.6 is 43.2 Å². The summed E-state index contributed by atoms with van der Waals surface area (Å²) in [6.45, 7) is 4.62. The Bertz CT molecular complexity index is 520. The van der Waals surface area contributed by atoms with Crippen LogP contribution < -0.4 is 10.1 Å². The summed E-state index contributed by atoms with van der Waals surface area (Å²) >= 11 is 8.94. The molecule has 2 nitrogen and oxygen atoms in total. The molecule has 0 spiro atoms. The lowest BCUT2D eigenvalue weighted by Gasteiger charge is -2.12. The summed E-state index contributed by atoms with van der Waals surface area (Å²) in [7, 11) is 0. The number of hydrogen-bond donors (Lipinski definition) is 1. The van der Waals surface area contributed by atoms with Gasteiger partial charge >= 0.3 is 0 Å². The second-order valence-corrected chi connectivity index (χ2v) is 7.09. The van der Waals surface area contributed by atoms with E-state index in [0.717, 1.165) is 34.2 Å². The first kappa shape index (κ1) is 16.0. The summed E-state index contributed by atoms with van der Waals surface area (Å²) in [4.78, 5) is 1.35. The van der Waals surface area contributed by atoms with Gasteiger partial charge in [0.1, 0.15) is 5.75 Å². The third-order valence-electron chi connectivity index (χ3n) is 2.81. The third-order valence-corrected chi connectivity index (χ3v) is 4.93. The lowest BCUT2D eigenvalue weighted by atomic mass is 10.2. The summed E-state index contributed by atoms with van der Waals surface area (Å²) in [5, 5.41) is 5.41. The van der Waals surface area contributed by atoms with Crippen molar-refractivity contribution in [2.75, 3.05) is 13.2 Å². The van der Waals surface area contributed by atoms with Crippen LogP contribution in [-0.4, -0.2) is 13.2 Å². The van der Waals surface area contributed by atoms with Gasteiger partial charge in [-0.15, -0.1) is 11.3 Å². The molecule has 2 rings (SSSR count). The summed E-state index contributed by atoms with van der Waals surface area (Å²) in [6.07, 6.45) is 0.940. The molecule has 0 saturated carbocycles. The molecule has 0 aliphatic carbocycles. The van der Waals surface area contributed by atoms with E-state index in [-0.39, 0.29) is 0 Å². The fourth-order valence-electron chi connectivity index (χ4n) is 1.83. The van der Waals surface area contributed by atoms with Gasteiger partial charge in [-0.2, -0.15) is 0 Å². The van der Waals surface area contributed by atoms with Crippen LogP contribution in [0.4, 0.5) is 0 Å². The Morgan fingerprint density at radius 3 is 2.60 bits per heavy atom. The van der Waals surface area contributed by atoms with Crippen molar-refractivity contribution in [3.63, 3.8) is 0 Å². The minimum absolute atomic E-state index is 0.685. The molecule has 0 saturated heterocycles. The molecule has 2 aromatic rings. The average molecular weight is 419 g/mol. The van der Waals surface area contributed by atoms with E-state index in [9.17, 15) is 0 Å². The molecule has 1 aromatic carbocycles. The highest BCUT2D eigenvalue weighted by atomic mass is 79.9. The fraction of sp³-hybridized carbons (Fsp3) is 0.333. The molecule has 0 fully saturated rings. The van der Waals surface area contributed by atoms with Crippen LogP contribution in [0.25, 0.3) is 0 Å². The molecule has 108 valence electrons. The lowest BCUT2D eigenvalue weighted by molar-refractivity contribution is 0.319. The molecule has 1 heterocycles. The minimum Gasteiger partial charge on any atom is -0.491 e. The van der Waals surface area contributed by atoms with Crippen LogP contribution in [0.15, 0.2) is 38.6 Å². The zero-order valence-electron chi connectivity index (χ0n) is 11.3. The standard InChI is InChI=1S/C15H17Br2NOS/c1-2-18-10-11-8-13(16)15(14(17)9-11)19-6-5-12-4-3-7-20-12/h3-4,7-9,18H,2,5-6,10H2,1H3. The Labute approximate surface area is 140 Å². The fourth-order valence-corrected chi connectivity index (χ4v) is 4.03. The second-order valence-electron chi connectivity index (χ2n) is 4.35. The van der Waals surface area contributed by atoms with Gasteiger partial charge in [-0.1, -0.05) is 13.0 Å². The van der Waals surface area contributed by atoms with Gasteiger partial charge in [-0.05, 0) is 67.5 Å². The average Bonchev–Trinajstić information content (AvgIpc) is 2.92. The van der Waals surface area contributed by atoms with E-state index in [0.29, 0.717) is 6.61 Å². The van der Waals surface area contributed by atoms with Gasteiger partial charge < -0.3 is 10.1 Å². The smallest absolute Gasteiger partial charge is 0.147 e. The van der Waals surface area contributed by atoms with E-state index in [4.69, 9.17) is 4.74 Å². The Balaban J connectivity index is 1.97. The molecule has 0 amide bonds. The predicted octanol–water partition coefficient (Wildman–Crippen LogP) is 5.00. The van der Waals surface area contributed by atoms with E-state index in [1.54, 1.807) is 11.3 Å². The number of nitrogens with one attached hydrogen (secondary N) is 1. The highest BCUT2D eigenvalue weighted by Gasteiger charge is 2.09. The molecule has 0 radical (unpaired) electrons. The number of benzene rings is 1. The number of thiophene rings is 1. The monoisotopic (exact) mass is 417 g/mol. The third kappa shape index (κ3) is 4.58. The van der Waals surface area contributed by atoms with Crippen molar-refractivity contribution in [2.24, 2.45) is 0 Å². The zero-order valence-corrected chi connectivity index (χ0v) is 15.3. The Hall–Kier alpha value is -0.360. The molecule has 1 aromatic heterocycles. The van der Waals surface area contributed by atoms with Crippen molar-refractivity contribution in [3.8, 4) is 5.75 Å². The normalized spacial score (nSPS) is 10.8. The first-order valence-electron chi connectivity index (χ1n) is 6.54. The molecule has 0 aliphatic rings. The van der Waals surface area contributed by atoms with Gasteiger partial charge in [0.2, 0.25) is 0 Å². The van der Waals surface area contributed by atoms with Gasteiger partial charge in [0.05, 0.1) is 15.6 Å². The maximum atomic E-state index is 5.89. The maximum Gasteiger partial charge on any atom is 0.147 e. The predicted molar refractivity (Wildman–Crippen MR) is 92.7 cm³/mol. The first-order chi connectivity index (χ1) is 9.70. The molecule has 0 unspecified atom stereocenters. The first-order valence-corrected chi connectivity index (χ1v) is 9.01. The zero-order chi connectivity index (χ0) is 14.4. The molecular formula is C15H17Br2NOS. The second kappa shape index (κ2) is 8.17. The SMILES string of the molecule is CCNCc1cc(Br)c(OCCc2cccs2)c(Br)c1. The molecular weight excluding hydrogens is 402 g/mol. The number of halogens is 2. The van der Waals surface area contributed by atoms with Crippen molar-refractivity contribution in [1.82, 2.24) is 5.32 Å². The van der Waals surface area contributed by atoms with Gasteiger partial charge in [-0.3, -0.25) is 0 Å². The summed E-state index contributed by atoms with van der Waals surface area (Å²) < 4.78 is 7.88. The van der Waals surface area contributed by atoms with Crippen molar-refractivity contribution in [3.05, 3.63) is 49.0 Å². The van der Waals surface area contributed by atoms with Gasteiger partial charge in [-0.25, -0.2) is 0 Å². The van der Waals surface area contributed by atoms with Crippen LogP contribution in [0, 0.1) is 0 Å². The van der Waals surface area contributed by atoms with Crippen molar-refractivity contribution in [1.29, 1.82) is 0 Å². The van der Waals surface area contributed by atoms with E-state index in [2.05, 4.69) is 73.7 Å². The number of ether oxygens (including phenoxy) is 1. The largest absolute Gasteiger partial charge is 0.491 e. The van der Waals surface area contributed by atoms with Crippen LogP contribution in [0.1, 0.15) is 17.4 Å². The number of rotatable bonds is 7. The van der Waals surface area contributed by atoms with E-state index in [1.165, 1.54) is 10.4 Å². The molecule has 5 heteroatoms. The highest BCUT2D eigenvalue weighted by molar-refractivity contribution is 9.11. The van der Waals surface area contributed by atoms with Crippen LogP contribution in [0.2, 0.25) is 0 Å². The van der Waals surface area contributed by atoms with E-state index in [1.807, 2.05) is 0 Å². The van der Waals surface area contributed by atoms with Crippen LogP contribution in [0.3, 0.4) is 0 Å². The Morgan fingerprint density at radius 2 is 2.00 bits per heavy atom. The van der Waals surface area contributed by atoms with E-state index < -0.39 is 0 Å². The topological polar surface area (TPSA) is 21.3 Å². The lowest BCUT2D eigenvalue weighted by Crippen LogP contribution is -2.12. The van der Waals surface area contributed by atoms with E-state index >= 15 is 0 Å². The summed E-state index contributed by atoms with van der Waals surface area (Å²) in [6, 6.07) is 8.42. The van der Waals surface area contributed by atoms with Gasteiger partial charge in [0.25, 0.3) is 0 Å². The number of hydrogen-bond acceptors (Lipinski definition) is 3. The minimum atomic E-state index is 0.685. The van der Waals surface area contributed by atoms with Gasteiger partial charge in [0, 0.05) is 17.8 Å². The molecule has 0 bridgehead atoms. The summed E-state index contributed by atoms with van der Waals surface area (Å²) in [5.74, 6) is 0.877. The molecule has 0 atom stereocenters. The highest BCUT2D eigenvalue weighted by Crippen LogP contribution is 2.35. The van der Waals surface area contributed by atoms with Crippen LogP contribution in [0.5, 0.6) is 5.75 Å². The maximum absolute atomic E-state index is 5.89. The van der Waals surface area contributed by atoms with Crippen LogP contribution in [-0.2, 0) is 13.0 Å². The van der Waals surface area contributed by atoms with Crippen molar-refractivity contribution >= 4 is 43.2 Å². The quantitative estimate of drug-likeness (QED) is 0.682. The molecule has 0 aliphatic heterocycles.